The maximum atomic E-state index is 13.9. The monoisotopic (exact) mass is 598 g/mol. The molecule has 44 heavy (non-hydrogen) atoms. The van der Waals surface area contributed by atoms with Crippen LogP contribution in [0.25, 0.3) is 0 Å². The number of piperazine rings is 1. The van der Waals surface area contributed by atoms with Crippen LogP contribution in [0.15, 0.2) is 114 Å². The molecule has 0 saturated carbocycles. The fourth-order valence-corrected chi connectivity index (χ4v) is 5.18. The SMILES string of the molecule is C=C/C=C\C=C(C)C.C=CN=C1C(=C)C=CC=C1CN1CC2N(C(=O)CN(C)N2C(=O)NC)[C@@H](Cc2ccc(O)cc2)C1=O. The molecular formula is C34H42N6O4. The van der Waals surface area contributed by atoms with Gasteiger partial charge >= 0.3 is 6.03 Å². The number of hydrogen-bond acceptors (Lipinski definition) is 6. The van der Waals surface area contributed by atoms with Gasteiger partial charge < -0.3 is 20.2 Å². The number of carbonyl (C=O) groups excluding carboxylic acids is 3. The summed E-state index contributed by atoms with van der Waals surface area (Å²) in [5.74, 6) is -0.351. The first kappa shape index (κ1) is 33.5. The molecule has 4 rings (SSSR count). The minimum Gasteiger partial charge on any atom is -0.508 e. The Balaban J connectivity index is 0.000000583. The Bertz CT molecular complexity index is 1430. The van der Waals surface area contributed by atoms with E-state index in [0.717, 1.165) is 11.1 Å². The molecule has 2 aliphatic heterocycles. The average Bonchev–Trinajstić information content (AvgIpc) is 2.98. The van der Waals surface area contributed by atoms with Crippen molar-refractivity contribution in [3.05, 3.63) is 115 Å². The molecule has 2 N–H and O–H groups in total. The van der Waals surface area contributed by atoms with Gasteiger partial charge in [-0.15, -0.1) is 0 Å². The molecular weight excluding hydrogens is 556 g/mol. The van der Waals surface area contributed by atoms with Crippen LogP contribution in [0.5, 0.6) is 5.75 Å². The lowest BCUT2D eigenvalue weighted by Crippen LogP contribution is -2.76. The van der Waals surface area contributed by atoms with Crippen LogP contribution in [0.3, 0.4) is 0 Å². The summed E-state index contributed by atoms with van der Waals surface area (Å²) in [5, 5.41) is 15.4. The number of carbonyl (C=O) groups is 3. The predicted molar refractivity (Wildman–Crippen MR) is 175 cm³/mol. The van der Waals surface area contributed by atoms with Crippen LogP contribution in [0.1, 0.15) is 19.4 Å². The van der Waals surface area contributed by atoms with Crippen LogP contribution in [0.2, 0.25) is 0 Å². The van der Waals surface area contributed by atoms with Crippen LogP contribution in [-0.4, -0.2) is 94.4 Å². The Hall–Kier alpha value is -4.96. The van der Waals surface area contributed by atoms with E-state index in [0.29, 0.717) is 11.3 Å². The maximum absolute atomic E-state index is 13.9. The first-order valence-corrected chi connectivity index (χ1v) is 14.3. The van der Waals surface area contributed by atoms with Gasteiger partial charge in [-0.25, -0.2) is 14.8 Å². The van der Waals surface area contributed by atoms with Crippen molar-refractivity contribution < 1.29 is 19.5 Å². The zero-order valence-electron chi connectivity index (χ0n) is 25.9. The van der Waals surface area contributed by atoms with Crippen molar-refractivity contribution in [2.45, 2.75) is 32.5 Å². The Morgan fingerprint density at radius 3 is 2.48 bits per heavy atom. The quantitative estimate of drug-likeness (QED) is 0.459. The van der Waals surface area contributed by atoms with E-state index in [1.165, 1.54) is 28.7 Å². The van der Waals surface area contributed by atoms with Crippen molar-refractivity contribution in [2.24, 2.45) is 4.99 Å². The second-order valence-corrected chi connectivity index (χ2v) is 10.7. The Morgan fingerprint density at radius 1 is 1.16 bits per heavy atom. The first-order chi connectivity index (χ1) is 21.0. The smallest absolute Gasteiger partial charge is 0.333 e. The third-order valence-electron chi connectivity index (χ3n) is 7.19. The van der Waals surface area contributed by atoms with Crippen molar-refractivity contribution in [1.82, 2.24) is 25.1 Å². The number of phenolic OH excluding ortho intramolecular Hbond substituents is 1. The molecule has 1 unspecified atom stereocenters. The van der Waals surface area contributed by atoms with E-state index in [1.54, 1.807) is 47.3 Å². The van der Waals surface area contributed by atoms with Gasteiger partial charge in [-0.3, -0.25) is 14.6 Å². The number of hydrazine groups is 1. The summed E-state index contributed by atoms with van der Waals surface area (Å²) in [5.41, 5.74) is 4.22. The molecule has 2 heterocycles. The van der Waals surface area contributed by atoms with E-state index in [4.69, 9.17) is 0 Å². The molecule has 2 atom stereocenters. The van der Waals surface area contributed by atoms with E-state index in [-0.39, 0.29) is 49.7 Å². The van der Waals surface area contributed by atoms with Crippen LogP contribution >= 0.6 is 0 Å². The Morgan fingerprint density at radius 2 is 1.86 bits per heavy atom. The second-order valence-electron chi connectivity index (χ2n) is 10.7. The van der Waals surface area contributed by atoms with Crippen molar-refractivity contribution in [3.8, 4) is 5.75 Å². The zero-order chi connectivity index (χ0) is 32.4. The number of benzene rings is 1. The molecule has 2 fully saturated rings. The molecule has 0 radical (unpaired) electrons. The van der Waals surface area contributed by atoms with Crippen LogP contribution < -0.4 is 5.32 Å². The normalized spacial score (nSPS) is 21.0. The molecule has 1 aliphatic carbocycles. The number of fused-ring (bicyclic) bond motifs is 1. The molecule has 0 bridgehead atoms. The van der Waals surface area contributed by atoms with Crippen molar-refractivity contribution in [1.29, 1.82) is 0 Å². The molecule has 0 aromatic heterocycles. The number of nitrogens with zero attached hydrogens (tertiary/aromatic N) is 5. The van der Waals surface area contributed by atoms with E-state index in [9.17, 15) is 19.5 Å². The van der Waals surface area contributed by atoms with Gasteiger partial charge in [-0.05, 0) is 42.7 Å². The van der Waals surface area contributed by atoms with E-state index < -0.39 is 12.2 Å². The van der Waals surface area contributed by atoms with E-state index in [1.807, 2.05) is 36.5 Å². The van der Waals surface area contributed by atoms with Gasteiger partial charge in [-0.2, -0.15) is 0 Å². The molecule has 10 nitrogen and oxygen atoms in total. The first-order valence-electron chi connectivity index (χ1n) is 14.3. The van der Waals surface area contributed by atoms with Gasteiger partial charge in [-0.1, -0.05) is 80.0 Å². The molecule has 4 amide bonds. The molecule has 3 aliphatic rings. The Kier molecular flexibility index (Phi) is 11.8. The molecule has 2 saturated heterocycles. The molecule has 10 heteroatoms. The minimum absolute atomic E-state index is 0.0325. The second kappa shape index (κ2) is 15.5. The largest absolute Gasteiger partial charge is 0.508 e. The van der Waals surface area contributed by atoms with Gasteiger partial charge in [0.2, 0.25) is 11.8 Å². The molecule has 232 valence electrons. The summed E-state index contributed by atoms with van der Waals surface area (Å²) in [6.45, 7) is 15.7. The lowest BCUT2D eigenvalue weighted by Gasteiger charge is -2.54. The van der Waals surface area contributed by atoms with Crippen molar-refractivity contribution >= 4 is 23.6 Å². The van der Waals surface area contributed by atoms with Gasteiger partial charge in [0, 0.05) is 33.3 Å². The standard InChI is InChI=1S/C26H30N6O4.C8H12/c1-5-28-24-17(2)7-6-8-19(24)14-30-15-22-31(23(34)16-29(4)32(22)26(36)27-3)21(25(30)35)13-18-9-11-20(33)12-10-18;1-4-5-6-7-8(2)3/h5-12,21-22,33H,1-2,13-16H2,3-4H3,(H,27,36);4-7H,1H2,2-3H3/b;6-5-/t21-,22?;/m0./s1. The number of likely N-dealkylation sites (N-methyl/N-ethyl adjacent to an activating group) is 1. The van der Waals surface area contributed by atoms with E-state index >= 15 is 0 Å². The zero-order valence-corrected chi connectivity index (χ0v) is 25.9. The highest BCUT2D eigenvalue weighted by Crippen LogP contribution is 2.29. The topological polar surface area (TPSA) is 109 Å². The summed E-state index contributed by atoms with van der Waals surface area (Å²) < 4.78 is 0. The summed E-state index contributed by atoms with van der Waals surface area (Å²) in [6.07, 6.45) is 14.2. The number of hydrogen-bond donors (Lipinski definition) is 2. The summed E-state index contributed by atoms with van der Waals surface area (Å²) in [6, 6.07) is 5.33. The Labute approximate surface area is 260 Å². The number of aromatic hydroxyl groups is 1. The maximum Gasteiger partial charge on any atom is 0.333 e. The van der Waals surface area contributed by atoms with Crippen LogP contribution in [-0.2, 0) is 16.0 Å². The van der Waals surface area contributed by atoms with Crippen molar-refractivity contribution in [2.75, 3.05) is 33.7 Å². The number of allylic oxidation sites excluding steroid dienone is 9. The summed E-state index contributed by atoms with van der Waals surface area (Å²) in [4.78, 5) is 47.5. The van der Waals surface area contributed by atoms with Crippen molar-refractivity contribution in [3.63, 3.8) is 0 Å². The fourth-order valence-electron chi connectivity index (χ4n) is 5.18. The summed E-state index contributed by atoms with van der Waals surface area (Å²) >= 11 is 0. The van der Waals surface area contributed by atoms with Gasteiger partial charge in [0.1, 0.15) is 18.0 Å². The number of rotatable bonds is 7. The lowest BCUT2D eigenvalue weighted by molar-refractivity contribution is -0.186. The number of nitrogens with one attached hydrogen (secondary N) is 1. The van der Waals surface area contributed by atoms with E-state index in [2.05, 4.69) is 43.9 Å². The number of aliphatic imine (C=N–C) groups is 1. The minimum atomic E-state index is -0.829. The molecule has 0 spiro atoms. The van der Waals surface area contributed by atoms with Crippen LogP contribution in [0.4, 0.5) is 4.79 Å². The number of phenols is 1. The lowest BCUT2D eigenvalue weighted by atomic mass is 9.95. The highest BCUT2D eigenvalue weighted by molar-refractivity contribution is 6.15. The fraction of sp³-hybridized carbons (Fsp3) is 0.294. The third-order valence-corrected chi connectivity index (χ3v) is 7.19. The predicted octanol–water partition coefficient (Wildman–Crippen LogP) is 4.13. The van der Waals surface area contributed by atoms with Gasteiger partial charge in [0.15, 0.2) is 0 Å². The average molecular weight is 599 g/mol. The third kappa shape index (κ3) is 8.11. The highest BCUT2D eigenvalue weighted by atomic mass is 16.3. The highest BCUT2D eigenvalue weighted by Gasteiger charge is 2.50. The number of urea groups is 1. The van der Waals surface area contributed by atoms with Gasteiger partial charge in [0.05, 0.1) is 18.8 Å². The van der Waals surface area contributed by atoms with Crippen LogP contribution in [0, 0.1) is 0 Å². The summed E-state index contributed by atoms with van der Waals surface area (Å²) in [7, 11) is 3.20. The number of amides is 4. The van der Waals surface area contributed by atoms with Gasteiger partial charge in [0.25, 0.3) is 0 Å². The molecule has 1 aromatic rings. The molecule has 1 aromatic carbocycles.